The van der Waals surface area contributed by atoms with Gasteiger partial charge in [-0.15, -0.1) is 4.20 Å². The molecule has 9 heavy (non-hydrogen) atoms. The van der Waals surface area contributed by atoms with E-state index in [1.165, 1.54) is 7.11 Å². The molecule has 1 unspecified atom stereocenters. The third-order valence-electron chi connectivity index (χ3n) is 0.529. The van der Waals surface area contributed by atoms with Crippen LogP contribution in [0.1, 0.15) is 0 Å². The predicted octanol–water partition coefficient (Wildman–Crippen LogP) is 2.12. The van der Waals surface area contributed by atoms with Crippen molar-refractivity contribution in [1.29, 1.82) is 0 Å². The fraction of sp³-hybridized carbons (Fsp3) is 1.00. The Morgan fingerprint density at radius 2 is 2.22 bits per heavy atom. The zero-order valence-electron chi connectivity index (χ0n) is 4.84. The van der Waals surface area contributed by atoms with Crippen LogP contribution in [-0.2, 0) is 13.8 Å². The highest BCUT2D eigenvalue weighted by atomic mass is 79.9. The van der Waals surface area contributed by atoms with E-state index in [0.29, 0.717) is 0 Å². The van der Waals surface area contributed by atoms with Crippen molar-refractivity contribution in [1.82, 2.24) is 0 Å². The van der Waals surface area contributed by atoms with E-state index in [4.69, 9.17) is 0 Å². The topological polar surface area (TPSA) is 35.5 Å². The molecule has 6 heteroatoms. The molecule has 0 N–H and O–H groups in total. The van der Waals surface area contributed by atoms with Gasteiger partial charge in [0.15, 0.2) is 0 Å². The van der Waals surface area contributed by atoms with Crippen LogP contribution in [0.5, 0.6) is 0 Å². The number of ether oxygens (including phenoxy) is 1. The minimum atomic E-state index is -3.96. The Morgan fingerprint density at radius 3 is 2.56 bits per heavy atom. The summed E-state index contributed by atoms with van der Waals surface area (Å²) in [5.41, 5.74) is 0. The number of hydrogen-bond donors (Lipinski definition) is 0. The van der Waals surface area contributed by atoms with Gasteiger partial charge in [0.25, 0.3) is 0 Å². The highest BCUT2D eigenvalue weighted by molar-refractivity contribution is 9.39. The minimum Gasteiger partial charge on any atom is -0.382 e. The van der Waals surface area contributed by atoms with Crippen LogP contribution in [0.25, 0.3) is 0 Å². The first-order chi connectivity index (χ1) is 4.06. The molecule has 0 saturated heterocycles. The minimum absolute atomic E-state index is 0.00444. The molecule has 0 aliphatic carbocycles. The molecule has 0 amide bonds. The standard InChI is InChI=1S/C3H7BrFO3P/c1-7-2-3-8-9(4,5)6/h2-3H2,1H3. The van der Waals surface area contributed by atoms with E-state index >= 15 is 0 Å². The summed E-state index contributed by atoms with van der Waals surface area (Å²) in [5, 5.41) is 0. The third kappa shape index (κ3) is 8.56. The van der Waals surface area contributed by atoms with E-state index in [-0.39, 0.29) is 13.2 Å². The average molecular weight is 221 g/mol. The number of rotatable bonds is 4. The van der Waals surface area contributed by atoms with Crippen molar-refractivity contribution in [3.8, 4) is 0 Å². The number of hydrogen-bond acceptors (Lipinski definition) is 3. The third-order valence-corrected chi connectivity index (χ3v) is 1.63. The molecule has 0 fully saturated rings. The van der Waals surface area contributed by atoms with Gasteiger partial charge in [-0.05, 0) is 0 Å². The number of methoxy groups -OCH3 is 1. The largest absolute Gasteiger partial charge is 0.432 e. The van der Waals surface area contributed by atoms with E-state index in [9.17, 15) is 8.76 Å². The van der Waals surface area contributed by atoms with Gasteiger partial charge in [-0.1, -0.05) is 0 Å². The molecule has 3 nitrogen and oxygen atoms in total. The van der Waals surface area contributed by atoms with Gasteiger partial charge >= 0.3 is 6.38 Å². The quantitative estimate of drug-likeness (QED) is 0.538. The van der Waals surface area contributed by atoms with Gasteiger partial charge in [-0.25, -0.2) is 4.57 Å². The Kier molecular flexibility index (Phi) is 4.66. The van der Waals surface area contributed by atoms with Gasteiger partial charge in [0.05, 0.1) is 28.7 Å². The molecule has 0 saturated carbocycles. The molecular weight excluding hydrogens is 214 g/mol. The van der Waals surface area contributed by atoms with E-state index < -0.39 is 6.38 Å². The molecule has 0 heterocycles. The maximum atomic E-state index is 11.9. The molecule has 0 rings (SSSR count). The molecule has 0 spiro atoms. The summed E-state index contributed by atoms with van der Waals surface area (Å²) in [7, 11) is 1.45. The molecule has 0 radical (unpaired) electrons. The van der Waals surface area contributed by atoms with Crippen molar-refractivity contribution < 1.29 is 18.0 Å². The molecule has 0 aliphatic rings. The fourth-order valence-electron chi connectivity index (χ4n) is 0.227. The maximum Gasteiger partial charge on any atom is 0.432 e. The van der Waals surface area contributed by atoms with Crippen molar-refractivity contribution >= 4 is 21.9 Å². The lowest BCUT2D eigenvalue weighted by Gasteiger charge is -2.00. The molecule has 0 aromatic rings. The van der Waals surface area contributed by atoms with Gasteiger partial charge in [0, 0.05) is 7.11 Å². The zero-order chi connectivity index (χ0) is 7.33. The van der Waals surface area contributed by atoms with Crippen LogP contribution in [0, 0.1) is 0 Å². The monoisotopic (exact) mass is 220 g/mol. The maximum absolute atomic E-state index is 11.9. The van der Waals surface area contributed by atoms with Gasteiger partial charge in [-0.3, -0.25) is 4.52 Å². The highest BCUT2D eigenvalue weighted by Gasteiger charge is 2.14. The number of halogens is 2. The molecule has 0 aromatic carbocycles. The van der Waals surface area contributed by atoms with E-state index in [1.54, 1.807) is 0 Å². The molecule has 0 aromatic heterocycles. The molecular formula is C3H7BrFO3P. The van der Waals surface area contributed by atoms with E-state index in [1.807, 2.05) is 0 Å². The predicted molar refractivity (Wildman–Crippen MR) is 35.5 cm³/mol. The lowest BCUT2D eigenvalue weighted by Crippen LogP contribution is -1.96. The van der Waals surface area contributed by atoms with Crippen molar-refractivity contribution in [3.05, 3.63) is 0 Å². The average Bonchev–Trinajstić information content (AvgIpc) is 1.63. The molecule has 56 valence electrons. The molecule has 0 aliphatic heterocycles. The SMILES string of the molecule is COCCOP(=O)(F)Br. The highest BCUT2D eigenvalue weighted by Crippen LogP contribution is 2.56. The first-order valence-corrected chi connectivity index (χ1v) is 5.72. The lowest BCUT2D eigenvalue weighted by molar-refractivity contribution is 0.146. The van der Waals surface area contributed by atoms with Crippen molar-refractivity contribution in [2.75, 3.05) is 20.3 Å². The second-order valence-corrected chi connectivity index (χ2v) is 4.87. The van der Waals surface area contributed by atoms with Crippen LogP contribution in [0.3, 0.4) is 0 Å². The van der Waals surface area contributed by atoms with Crippen molar-refractivity contribution in [2.45, 2.75) is 0 Å². The van der Waals surface area contributed by atoms with Crippen LogP contribution in [0.15, 0.2) is 0 Å². The summed E-state index contributed by atoms with van der Waals surface area (Å²) in [5.74, 6) is 0. The Hall–Kier alpha value is 0.560. The Balaban J connectivity index is 3.18. The van der Waals surface area contributed by atoms with E-state index in [0.717, 1.165) is 0 Å². The van der Waals surface area contributed by atoms with Crippen LogP contribution < -0.4 is 0 Å². The molecule has 1 atom stereocenters. The van der Waals surface area contributed by atoms with Crippen LogP contribution in [0.2, 0.25) is 0 Å². The summed E-state index contributed by atoms with van der Waals surface area (Å²) in [6, 6.07) is 0. The first kappa shape index (κ1) is 9.56. The Labute approximate surface area is 60.8 Å². The summed E-state index contributed by atoms with van der Waals surface area (Å²) in [6.45, 7) is 0.231. The summed E-state index contributed by atoms with van der Waals surface area (Å²) in [6.07, 6.45) is -3.96. The van der Waals surface area contributed by atoms with Gasteiger partial charge < -0.3 is 4.74 Å². The summed E-state index contributed by atoms with van der Waals surface area (Å²) >= 11 is 2.22. The lowest BCUT2D eigenvalue weighted by atomic mass is 10.8. The van der Waals surface area contributed by atoms with Crippen LogP contribution in [0.4, 0.5) is 4.20 Å². The van der Waals surface area contributed by atoms with E-state index in [2.05, 4.69) is 24.7 Å². The zero-order valence-corrected chi connectivity index (χ0v) is 7.32. The van der Waals surface area contributed by atoms with Crippen molar-refractivity contribution in [3.63, 3.8) is 0 Å². The second kappa shape index (κ2) is 4.39. The van der Waals surface area contributed by atoms with Gasteiger partial charge in [-0.2, -0.15) is 0 Å². The van der Waals surface area contributed by atoms with Crippen LogP contribution >= 0.6 is 21.9 Å². The smallest absolute Gasteiger partial charge is 0.382 e. The fourth-order valence-corrected chi connectivity index (χ4v) is 0.948. The Morgan fingerprint density at radius 1 is 1.67 bits per heavy atom. The second-order valence-electron chi connectivity index (χ2n) is 1.24. The molecule has 0 bridgehead atoms. The van der Waals surface area contributed by atoms with Gasteiger partial charge in [0.1, 0.15) is 0 Å². The first-order valence-electron chi connectivity index (χ1n) is 2.19. The normalized spacial score (nSPS) is 17.2. The van der Waals surface area contributed by atoms with Crippen LogP contribution in [-0.4, -0.2) is 20.3 Å². The Bertz CT molecular complexity index is 114. The van der Waals surface area contributed by atoms with Crippen molar-refractivity contribution in [2.24, 2.45) is 0 Å². The van der Waals surface area contributed by atoms with Gasteiger partial charge in [0.2, 0.25) is 0 Å². The summed E-state index contributed by atoms with van der Waals surface area (Å²) in [4.78, 5) is 0. The summed E-state index contributed by atoms with van der Waals surface area (Å²) < 4.78 is 30.6.